The molecule has 28 heavy (non-hydrogen) atoms. The molecule has 1 aromatic carbocycles. The number of nitro benzene ring substituents is 1. The van der Waals surface area contributed by atoms with Crippen LogP contribution in [0.25, 0.3) is 0 Å². The molecule has 0 spiro atoms. The third-order valence-electron chi connectivity index (χ3n) is 4.62. The van der Waals surface area contributed by atoms with E-state index in [0.717, 1.165) is 30.7 Å². The molecule has 0 radical (unpaired) electrons. The van der Waals surface area contributed by atoms with Crippen LogP contribution in [0.5, 0.6) is 0 Å². The van der Waals surface area contributed by atoms with Gasteiger partial charge in [-0.25, -0.2) is 4.99 Å². The first-order chi connectivity index (χ1) is 13.6. The van der Waals surface area contributed by atoms with E-state index in [1.165, 1.54) is 12.1 Å². The minimum atomic E-state index is -0.405. The van der Waals surface area contributed by atoms with Crippen molar-refractivity contribution in [2.24, 2.45) is 4.99 Å². The monoisotopic (exact) mass is 383 g/mol. The zero-order valence-electron chi connectivity index (χ0n) is 15.9. The van der Waals surface area contributed by atoms with Crippen molar-refractivity contribution in [3.05, 3.63) is 70.0 Å². The second kappa shape index (κ2) is 9.80. The summed E-state index contributed by atoms with van der Waals surface area (Å²) in [7, 11) is 0. The van der Waals surface area contributed by atoms with Gasteiger partial charge in [-0.2, -0.15) is 0 Å². The van der Waals surface area contributed by atoms with Crippen molar-refractivity contribution < 1.29 is 9.66 Å². The van der Waals surface area contributed by atoms with Crippen LogP contribution in [-0.2, 0) is 17.8 Å². The molecular weight excluding hydrogens is 358 g/mol. The number of aliphatic imine (C=N–C) groups is 1. The van der Waals surface area contributed by atoms with Crippen molar-refractivity contribution in [1.29, 1.82) is 0 Å². The van der Waals surface area contributed by atoms with E-state index >= 15 is 0 Å². The average Bonchev–Trinajstić information content (AvgIpc) is 3.26. The molecule has 1 aromatic heterocycles. The van der Waals surface area contributed by atoms with Crippen molar-refractivity contribution in [3.63, 3.8) is 0 Å². The summed E-state index contributed by atoms with van der Waals surface area (Å²) in [6.45, 7) is 3.84. The summed E-state index contributed by atoms with van der Waals surface area (Å²) >= 11 is 0. The molecule has 2 atom stereocenters. The highest BCUT2D eigenvalue weighted by Gasteiger charge is 2.23. The van der Waals surface area contributed by atoms with E-state index in [1.807, 2.05) is 18.2 Å². The van der Waals surface area contributed by atoms with Crippen molar-refractivity contribution in [2.45, 2.75) is 45.0 Å². The van der Waals surface area contributed by atoms with E-state index in [-0.39, 0.29) is 17.8 Å². The Balaban J connectivity index is 1.66. The number of ether oxygens (including phenoxy) is 1. The second-order valence-corrected chi connectivity index (χ2v) is 6.75. The summed E-state index contributed by atoms with van der Waals surface area (Å²) in [4.78, 5) is 19.3. The van der Waals surface area contributed by atoms with Crippen LogP contribution < -0.4 is 10.6 Å². The lowest BCUT2D eigenvalue weighted by atomic mass is 10.1. The summed E-state index contributed by atoms with van der Waals surface area (Å²) in [5.41, 5.74) is 1.89. The smallest absolute Gasteiger partial charge is 0.269 e. The molecule has 2 N–H and O–H groups in total. The number of non-ortho nitro benzene ring substituents is 1. The van der Waals surface area contributed by atoms with Crippen molar-refractivity contribution in [3.8, 4) is 0 Å². The number of guanidine groups is 1. The summed E-state index contributed by atoms with van der Waals surface area (Å²) in [5.74, 6) is 0.659. The Morgan fingerprint density at radius 3 is 2.82 bits per heavy atom. The topological polar surface area (TPSA) is 102 Å². The highest BCUT2D eigenvalue weighted by atomic mass is 16.6. The van der Waals surface area contributed by atoms with Crippen molar-refractivity contribution >= 4 is 11.6 Å². The van der Waals surface area contributed by atoms with Crippen LogP contribution in [0.3, 0.4) is 0 Å². The van der Waals surface area contributed by atoms with Crippen LogP contribution >= 0.6 is 0 Å². The van der Waals surface area contributed by atoms with Gasteiger partial charge in [-0.1, -0.05) is 18.2 Å². The van der Waals surface area contributed by atoms with Gasteiger partial charge in [0, 0.05) is 24.9 Å². The number of benzene rings is 1. The predicted molar refractivity (Wildman–Crippen MR) is 107 cm³/mol. The molecular formula is C20H25N5O3. The molecule has 1 saturated heterocycles. The Labute approximate surface area is 164 Å². The molecule has 0 saturated carbocycles. The first kappa shape index (κ1) is 19.8. The fourth-order valence-corrected chi connectivity index (χ4v) is 3.03. The quantitative estimate of drug-likeness (QED) is 0.330. The lowest BCUT2D eigenvalue weighted by Gasteiger charge is -2.22. The first-order valence-electron chi connectivity index (χ1n) is 9.41. The van der Waals surface area contributed by atoms with Crippen LogP contribution in [0.4, 0.5) is 5.69 Å². The van der Waals surface area contributed by atoms with Gasteiger partial charge in [0.05, 0.1) is 35.9 Å². The Bertz CT molecular complexity index is 789. The molecule has 0 aliphatic carbocycles. The third-order valence-corrected chi connectivity index (χ3v) is 4.62. The number of hydrogen-bond acceptors (Lipinski definition) is 5. The van der Waals surface area contributed by atoms with Gasteiger partial charge in [0.2, 0.25) is 0 Å². The van der Waals surface area contributed by atoms with Gasteiger partial charge < -0.3 is 15.4 Å². The molecule has 8 nitrogen and oxygen atoms in total. The van der Waals surface area contributed by atoms with Crippen LogP contribution in [0.2, 0.25) is 0 Å². The largest absolute Gasteiger partial charge is 0.376 e. The molecule has 3 rings (SSSR count). The zero-order valence-corrected chi connectivity index (χ0v) is 15.9. The lowest BCUT2D eigenvalue weighted by molar-refractivity contribution is -0.384. The number of rotatable bonds is 7. The van der Waals surface area contributed by atoms with Gasteiger partial charge in [-0.15, -0.1) is 0 Å². The van der Waals surface area contributed by atoms with Gasteiger partial charge in [0.15, 0.2) is 5.96 Å². The number of aromatic nitrogens is 1. The maximum absolute atomic E-state index is 10.8. The van der Waals surface area contributed by atoms with E-state index in [2.05, 4.69) is 27.5 Å². The SMILES string of the molecule is CC(NC(=NCc1ccc([N+](=O)[O-])cc1)NCc1ccccn1)C1CCCO1. The molecule has 0 amide bonds. The molecule has 2 aromatic rings. The molecule has 1 aliphatic heterocycles. The minimum Gasteiger partial charge on any atom is -0.376 e. The lowest BCUT2D eigenvalue weighted by Crippen LogP contribution is -2.46. The molecule has 1 fully saturated rings. The third kappa shape index (κ3) is 5.75. The minimum absolute atomic E-state index is 0.0753. The molecule has 1 aliphatic rings. The number of nitrogens with zero attached hydrogens (tertiary/aromatic N) is 3. The van der Waals surface area contributed by atoms with E-state index in [9.17, 15) is 10.1 Å². The number of hydrogen-bond donors (Lipinski definition) is 2. The van der Waals surface area contributed by atoms with Gasteiger partial charge in [-0.05, 0) is 37.5 Å². The second-order valence-electron chi connectivity index (χ2n) is 6.75. The Morgan fingerprint density at radius 1 is 1.36 bits per heavy atom. The maximum atomic E-state index is 10.8. The van der Waals surface area contributed by atoms with Crippen molar-refractivity contribution in [1.82, 2.24) is 15.6 Å². The van der Waals surface area contributed by atoms with E-state index in [4.69, 9.17) is 4.74 Å². The summed E-state index contributed by atoms with van der Waals surface area (Å²) in [6.07, 6.45) is 4.03. The van der Waals surface area contributed by atoms with Crippen LogP contribution in [-0.4, -0.2) is 34.6 Å². The summed E-state index contributed by atoms with van der Waals surface area (Å²) in [5, 5.41) is 17.5. The molecule has 2 unspecified atom stereocenters. The molecule has 0 bridgehead atoms. The zero-order chi connectivity index (χ0) is 19.8. The first-order valence-corrected chi connectivity index (χ1v) is 9.41. The predicted octanol–water partition coefficient (Wildman–Crippen LogP) is 2.79. The Hall–Kier alpha value is -3.00. The Kier molecular flexibility index (Phi) is 6.91. The van der Waals surface area contributed by atoms with E-state index in [1.54, 1.807) is 18.3 Å². The highest BCUT2D eigenvalue weighted by molar-refractivity contribution is 5.80. The molecule has 148 valence electrons. The van der Waals surface area contributed by atoms with Crippen LogP contribution in [0.15, 0.2) is 53.7 Å². The van der Waals surface area contributed by atoms with E-state index in [0.29, 0.717) is 19.0 Å². The van der Waals surface area contributed by atoms with E-state index < -0.39 is 4.92 Å². The highest BCUT2D eigenvalue weighted by Crippen LogP contribution is 2.15. The van der Waals surface area contributed by atoms with Crippen LogP contribution in [0, 0.1) is 10.1 Å². The number of pyridine rings is 1. The Morgan fingerprint density at radius 2 is 2.18 bits per heavy atom. The average molecular weight is 383 g/mol. The fourth-order valence-electron chi connectivity index (χ4n) is 3.03. The summed E-state index contributed by atoms with van der Waals surface area (Å²) in [6, 6.07) is 12.3. The fraction of sp³-hybridized carbons (Fsp3) is 0.400. The van der Waals surface area contributed by atoms with Gasteiger partial charge in [-0.3, -0.25) is 15.1 Å². The standard InChI is InChI=1S/C20H25N5O3/c1-15(19-6-4-12-28-19)24-20(23-14-17-5-2-3-11-21-17)22-13-16-7-9-18(10-8-16)25(26)27/h2-3,5,7-11,15,19H,4,6,12-14H2,1H3,(H2,22,23,24). The van der Waals surface area contributed by atoms with Gasteiger partial charge in [0.1, 0.15) is 0 Å². The molecule has 8 heteroatoms. The molecule has 2 heterocycles. The number of nitrogens with one attached hydrogen (secondary N) is 2. The van der Waals surface area contributed by atoms with Crippen LogP contribution in [0.1, 0.15) is 31.0 Å². The van der Waals surface area contributed by atoms with Gasteiger partial charge in [0.25, 0.3) is 5.69 Å². The maximum Gasteiger partial charge on any atom is 0.269 e. The summed E-state index contributed by atoms with van der Waals surface area (Å²) < 4.78 is 5.76. The number of nitro groups is 1. The van der Waals surface area contributed by atoms with Gasteiger partial charge >= 0.3 is 0 Å². The van der Waals surface area contributed by atoms with Crippen molar-refractivity contribution in [2.75, 3.05) is 6.61 Å². The normalized spacial score (nSPS) is 17.9.